The van der Waals surface area contributed by atoms with E-state index in [9.17, 15) is 0 Å². The van der Waals surface area contributed by atoms with E-state index in [0.29, 0.717) is 10.4 Å². The Kier molecular flexibility index (Phi) is 5.30. The highest BCUT2D eigenvalue weighted by Crippen LogP contribution is 2.11. The molecule has 0 bridgehead atoms. The number of thioether (sulfide) groups is 1. The third kappa shape index (κ3) is 3.86. The van der Waals surface area contributed by atoms with Crippen molar-refractivity contribution in [2.24, 2.45) is 0 Å². The van der Waals surface area contributed by atoms with Crippen molar-refractivity contribution in [1.29, 1.82) is 0 Å². The molecule has 0 amide bonds. The first-order chi connectivity index (χ1) is 6.74. The Morgan fingerprint density at radius 3 is 3.07 bits per heavy atom. The van der Waals surface area contributed by atoms with Crippen LogP contribution in [0.15, 0.2) is 18.3 Å². The molecule has 2 nitrogen and oxygen atoms in total. The van der Waals surface area contributed by atoms with E-state index in [2.05, 4.69) is 23.5 Å². The van der Waals surface area contributed by atoms with Crippen LogP contribution < -0.4 is 5.32 Å². The number of halogens is 1. The molecule has 4 heteroatoms. The molecule has 1 atom stereocenters. The summed E-state index contributed by atoms with van der Waals surface area (Å²) in [5.74, 6) is 0. The predicted molar refractivity (Wildman–Crippen MR) is 63.9 cm³/mol. The molecule has 0 aliphatic carbocycles. The van der Waals surface area contributed by atoms with Gasteiger partial charge in [0.2, 0.25) is 0 Å². The summed E-state index contributed by atoms with van der Waals surface area (Å²) >= 11 is 7.77. The van der Waals surface area contributed by atoms with Crippen LogP contribution in [-0.4, -0.2) is 23.0 Å². The van der Waals surface area contributed by atoms with Crippen molar-refractivity contribution in [3.63, 3.8) is 0 Å². The van der Waals surface area contributed by atoms with Crippen molar-refractivity contribution < 1.29 is 0 Å². The van der Waals surface area contributed by atoms with E-state index < -0.39 is 0 Å². The third-order valence-electron chi connectivity index (χ3n) is 1.99. The fraction of sp³-hybridized carbons (Fsp3) is 0.500. The Bertz CT molecular complexity index is 281. The van der Waals surface area contributed by atoms with E-state index in [0.717, 1.165) is 18.7 Å². The zero-order valence-electron chi connectivity index (χ0n) is 8.46. The van der Waals surface area contributed by atoms with Crippen LogP contribution in [0.4, 0.5) is 0 Å². The van der Waals surface area contributed by atoms with E-state index in [-0.39, 0.29) is 0 Å². The molecule has 1 aromatic heterocycles. The fourth-order valence-electron chi connectivity index (χ4n) is 1.04. The van der Waals surface area contributed by atoms with Crippen LogP contribution >= 0.6 is 23.4 Å². The maximum atomic E-state index is 5.92. The second-order valence-electron chi connectivity index (χ2n) is 3.13. The second kappa shape index (κ2) is 6.27. The Labute approximate surface area is 94.5 Å². The Hall–Kier alpha value is -0.250. The minimum atomic E-state index is 0.594. The lowest BCUT2D eigenvalue weighted by Crippen LogP contribution is -2.22. The van der Waals surface area contributed by atoms with Crippen molar-refractivity contribution in [3.8, 4) is 0 Å². The number of rotatable bonds is 5. The monoisotopic (exact) mass is 230 g/mol. The first-order valence-corrected chi connectivity index (χ1v) is 6.23. The van der Waals surface area contributed by atoms with Gasteiger partial charge >= 0.3 is 0 Å². The summed E-state index contributed by atoms with van der Waals surface area (Å²) in [4.78, 5) is 4.02. The molecular formula is C10H15ClN2S. The lowest BCUT2D eigenvalue weighted by molar-refractivity contribution is 0.683. The second-order valence-corrected chi connectivity index (χ2v) is 4.76. The number of aromatic nitrogens is 1. The molecule has 0 aliphatic heterocycles. The third-order valence-corrected chi connectivity index (χ3v) is 3.30. The van der Waals surface area contributed by atoms with Crippen LogP contribution in [-0.2, 0) is 6.54 Å². The molecule has 14 heavy (non-hydrogen) atoms. The normalized spacial score (nSPS) is 12.8. The van der Waals surface area contributed by atoms with E-state index in [1.54, 1.807) is 6.20 Å². The van der Waals surface area contributed by atoms with Crippen LogP contribution in [0.5, 0.6) is 0 Å². The van der Waals surface area contributed by atoms with Gasteiger partial charge in [0.1, 0.15) is 5.15 Å². The molecule has 78 valence electrons. The molecule has 1 unspecified atom stereocenters. The van der Waals surface area contributed by atoms with Crippen molar-refractivity contribution in [1.82, 2.24) is 10.3 Å². The summed E-state index contributed by atoms with van der Waals surface area (Å²) in [5.41, 5.74) is 1.06. The van der Waals surface area contributed by atoms with Crippen molar-refractivity contribution in [2.45, 2.75) is 18.7 Å². The topological polar surface area (TPSA) is 24.9 Å². The maximum absolute atomic E-state index is 5.92. The van der Waals surface area contributed by atoms with Gasteiger partial charge in [0.15, 0.2) is 0 Å². The van der Waals surface area contributed by atoms with Crippen molar-refractivity contribution in [2.75, 3.05) is 12.8 Å². The Morgan fingerprint density at radius 1 is 1.64 bits per heavy atom. The average Bonchev–Trinajstić information content (AvgIpc) is 2.20. The van der Waals surface area contributed by atoms with Crippen LogP contribution in [0.1, 0.15) is 12.5 Å². The number of nitrogens with one attached hydrogen (secondary N) is 1. The molecule has 0 radical (unpaired) electrons. The van der Waals surface area contributed by atoms with Gasteiger partial charge in [-0.05, 0) is 12.3 Å². The van der Waals surface area contributed by atoms with E-state index in [1.165, 1.54) is 0 Å². The lowest BCUT2D eigenvalue weighted by Gasteiger charge is -2.09. The lowest BCUT2D eigenvalue weighted by atomic mass is 10.3. The highest BCUT2D eigenvalue weighted by molar-refractivity contribution is 7.99. The molecule has 1 heterocycles. The molecule has 0 fully saturated rings. The Balaban J connectivity index is 2.35. The average molecular weight is 231 g/mol. The van der Waals surface area contributed by atoms with Crippen molar-refractivity contribution >= 4 is 23.4 Å². The summed E-state index contributed by atoms with van der Waals surface area (Å²) < 4.78 is 0. The van der Waals surface area contributed by atoms with Crippen LogP contribution in [0.25, 0.3) is 0 Å². The summed E-state index contributed by atoms with van der Waals surface area (Å²) in [6.07, 6.45) is 3.82. The van der Waals surface area contributed by atoms with E-state index in [4.69, 9.17) is 11.6 Å². The summed E-state index contributed by atoms with van der Waals surface area (Å²) in [5, 5.41) is 4.57. The number of hydrogen-bond donors (Lipinski definition) is 1. The zero-order valence-corrected chi connectivity index (χ0v) is 10.0. The van der Waals surface area contributed by atoms with Gasteiger partial charge in [0.05, 0.1) is 0 Å². The molecule has 0 saturated carbocycles. The highest BCUT2D eigenvalue weighted by atomic mass is 35.5. The quantitative estimate of drug-likeness (QED) is 0.788. The standard InChI is InChI=1S/C10H15ClN2S/c1-8(14-2)6-12-7-9-4-3-5-13-10(9)11/h3-5,8,12H,6-7H2,1-2H3. The highest BCUT2D eigenvalue weighted by Gasteiger charge is 2.01. The van der Waals surface area contributed by atoms with Gasteiger partial charge in [-0.1, -0.05) is 24.6 Å². The first-order valence-electron chi connectivity index (χ1n) is 4.57. The minimum absolute atomic E-state index is 0.594. The number of nitrogens with zero attached hydrogens (tertiary/aromatic N) is 1. The Morgan fingerprint density at radius 2 is 2.43 bits per heavy atom. The van der Waals surface area contributed by atoms with Gasteiger partial charge in [0.25, 0.3) is 0 Å². The molecular weight excluding hydrogens is 216 g/mol. The minimum Gasteiger partial charge on any atom is -0.311 e. The molecule has 0 spiro atoms. The summed E-state index contributed by atoms with van der Waals surface area (Å²) in [6.45, 7) is 3.98. The van der Waals surface area contributed by atoms with Gasteiger partial charge in [-0.25, -0.2) is 4.98 Å². The van der Waals surface area contributed by atoms with Gasteiger partial charge in [-0.15, -0.1) is 0 Å². The zero-order chi connectivity index (χ0) is 10.4. The van der Waals surface area contributed by atoms with E-state index in [1.807, 2.05) is 23.9 Å². The smallest absolute Gasteiger partial charge is 0.133 e. The summed E-state index contributed by atoms with van der Waals surface area (Å²) in [7, 11) is 0. The van der Waals surface area contributed by atoms with Crippen molar-refractivity contribution in [3.05, 3.63) is 29.0 Å². The number of hydrogen-bond acceptors (Lipinski definition) is 3. The largest absolute Gasteiger partial charge is 0.311 e. The van der Waals surface area contributed by atoms with Gasteiger partial charge in [0, 0.05) is 30.1 Å². The van der Waals surface area contributed by atoms with Crippen LogP contribution in [0.3, 0.4) is 0 Å². The van der Waals surface area contributed by atoms with Gasteiger partial charge in [-0.2, -0.15) is 11.8 Å². The molecule has 1 rings (SSSR count). The first kappa shape index (κ1) is 11.8. The molecule has 0 saturated heterocycles. The van der Waals surface area contributed by atoms with Gasteiger partial charge < -0.3 is 5.32 Å². The molecule has 0 aromatic carbocycles. The van der Waals surface area contributed by atoms with Gasteiger partial charge in [-0.3, -0.25) is 0 Å². The van der Waals surface area contributed by atoms with E-state index >= 15 is 0 Å². The molecule has 1 N–H and O–H groups in total. The predicted octanol–water partition coefficient (Wildman–Crippen LogP) is 2.58. The molecule has 0 aliphatic rings. The summed E-state index contributed by atoms with van der Waals surface area (Å²) in [6, 6.07) is 3.90. The maximum Gasteiger partial charge on any atom is 0.133 e. The fourth-order valence-corrected chi connectivity index (χ4v) is 1.52. The molecule has 1 aromatic rings. The SMILES string of the molecule is CSC(C)CNCc1cccnc1Cl. The number of pyridine rings is 1. The van der Waals surface area contributed by atoms with Crippen LogP contribution in [0.2, 0.25) is 5.15 Å². The van der Waals surface area contributed by atoms with Crippen LogP contribution in [0, 0.1) is 0 Å².